The number of alkyl halides is 2. The third-order valence-corrected chi connectivity index (χ3v) is 1.90. The van der Waals surface area contributed by atoms with E-state index in [9.17, 15) is 4.39 Å². The summed E-state index contributed by atoms with van der Waals surface area (Å²) in [6, 6.07) is 4.08. The van der Waals surface area contributed by atoms with Crippen molar-refractivity contribution in [2.24, 2.45) is 0 Å². The highest BCUT2D eigenvalue weighted by Crippen LogP contribution is 2.28. The molecule has 0 aliphatic rings. The molecular weight excluding hydrogens is 209 g/mol. The van der Waals surface area contributed by atoms with E-state index >= 15 is 0 Å². The van der Waals surface area contributed by atoms with Gasteiger partial charge in [0.1, 0.15) is 10.7 Å². The molecule has 0 bridgehead atoms. The second-order valence-electron chi connectivity index (χ2n) is 1.97. The molecular formula is C7H4Cl3F. The van der Waals surface area contributed by atoms with E-state index in [-0.39, 0.29) is 5.56 Å². The van der Waals surface area contributed by atoms with E-state index in [1.54, 1.807) is 0 Å². The summed E-state index contributed by atoms with van der Waals surface area (Å²) in [6.45, 7) is 0. The maximum atomic E-state index is 12.8. The van der Waals surface area contributed by atoms with Crippen molar-refractivity contribution in [2.75, 3.05) is 0 Å². The molecule has 1 aromatic rings. The second-order valence-corrected chi connectivity index (χ2v) is 3.50. The van der Waals surface area contributed by atoms with Gasteiger partial charge in [0.2, 0.25) is 0 Å². The molecule has 0 spiro atoms. The fourth-order valence-corrected chi connectivity index (χ4v) is 1.20. The lowest BCUT2D eigenvalue weighted by atomic mass is 10.2. The van der Waals surface area contributed by atoms with Crippen molar-refractivity contribution in [1.29, 1.82) is 0 Å². The molecule has 1 rings (SSSR count). The van der Waals surface area contributed by atoms with Gasteiger partial charge in [0, 0.05) is 10.6 Å². The molecule has 1 aromatic carbocycles. The molecule has 0 saturated carbocycles. The van der Waals surface area contributed by atoms with E-state index in [1.807, 2.05) is 0 Å². The van der Waals surface area contributed by atoms with E-state index in [4.69, 9.17) is 34.8 Å². The fraction of sp³-hybridized carbons (Fsp3) is 0.143. The quantitative estimate of drug-likeness (QED) is 0.620. The first-order valence-corrected chi connectivity index (χ1v) is 4.09. The Kier molecular flexibility index (Phi) is 2.99. The first-order valence-electron chi connectivity index (χ1n) is 2.84. The average Bonchev–Trinajstić information content (AvgIpc) is 1.94. The lowest BCUT2D eigenvalue weighted by Gasteiger charge is -2.02. The Balaban J connectivity index is 3.13. The summed E-state index contributed by atoms with van der Waals surface area (Å²) in [7, 11) is 0. The van der Waals surface area contributed by atoms with Crippen LogP contribution >= 0.6 is 34.8 Å². The van der Waals surface area contributed by atoms with Crippen LogP contribution in [0.5, 0.6) is 0 Å². The van der Waals surface area contributed by atoms with Crippen molar-refractivity contribution in [1.82, 2.24) is 0 Å². The van der Waals surface area contributed by atoms with Crippen LogP contribution in [-0.4, -0.2) is 0 Å². The summed E-state index contributed by atoms with van der Waals surface area (Å²) >= 11 is 16.5. The summed E-state index contributed by atoms with van der Waals surface area (Å²) < 4.78 is 12.8. The Morgan fingerprint density at radius 2 is 1.91 bits per heavy atom. The highest BCUT2D eigenvalue weighted by Gasteiger charge is 2.09. The molecule has 0 N–H and O–H groups in total. The third kappa shape index (κ3) is 2.22. The smallest absolute Gasteiger partial charge is 0.135 e. The van der Waals surface area contributed by atoms with Gasteiger partial charge < -0.3 is 0 Å². The summed E-state index contributed by atoms with van der Waals surface area (Å²) in [5, 5.41) is 0.424. The van der Waals surface area contributed by atoms with Crippen molar-refractivity contribution >= 4 is 34.8 Å². The van der Waals surface area contributed by atoms with Crippen LogP contribution in [0.2, 0.25) is 5.02 Å². The minimum atomic E-state index is -0.867. The first-order chi connectivity index (χ1) is 5.11. The summed E-state index contributed by atoms with van der Waals surface area (Å²) in [5.74, 6) is -0.440. The highest BCUT2D eigenvalue weighted by atomic mass is 35.5. The van der Waals surface area contributed by atoms with Crippen LogP contribution in [0.15, 0.2) is 18.2 Å². The molecule has 11 heavy (non-hydrogen) atoms. The van der Waals surface area contributed by atoms with E-state index in [2.05, 4.69) is 0 Å². The molecule has 60 valence electrons. The normalized spacial score (nSPS) is 10.6. The van der Waals surface area contributed by atoms with Gasteiger partial charge in [-0.05, 0) is 18.2 Å². The largest absolute Gasteiger partial charge is 0.207 e. The van der Waals surface area contributed by atoms with Gasteiger partial charge in [-0.1, -0.05) is 34.8 Å². The minimum absolute atomic E-state index is 0.209. The van der Waals surface area contributed by atoms with Gasteiger partial charge in [-0.3, -0.25) is 0 Å². The second kappa shape index (κ2) is 3.61. The number of rotatable bonds is 1. The lowest BCUT2D eigenvalue weighted by Crippen LogP contribution is -1.87. The molecule has 0 fully saturated rings. The molecule has 0 aromatic heterocycles. The van der Waals surface area contributed by atoms with Crippen LogP contribution in [0.4, 0.5) is 4.39 Å². The summed E-state index contributed by atoms with van der Waals surface area (Å²) in [6.07, 6.45) is 0. The van der Waals surface area contributed by atoms with Gasteiger partial charge in [-0.2, -0.15) is 0 Å². The van der Waals surface area contributed by atoms with E-state index in [0.29, 0.717) is 5.02 Å². The van der Waals surface area contributed by atoms with Gasteiger partial charge in [-0.25, -0.2) is 4.39 Å². The fourth-order valence-electron chi connectivity index (χ4n) is 0.682. The molecule has 0 heterocycles. The van der Waals surface area contributed by atoms with Gasteiger partial charge in [0.15, 0.2) is 0 Å². The van der Waals surface area contributed by atoms with Crippen LogP contribution in [0.3, 0.4) is 0 Å². The van der Waals surface area contributed by atoms with Crippen LogP contribution < -0.4 is 0 Å². The number of halogens is 4. The predicted molar refractivity (Wildman–Crippen MR) is 45.9 cm³/mol. The van der Waals surface area contributed by atoms with E-state index in [0.717, 1.165) is 0 Å². The maximum absolute atomic E-state index is 12.8. The number of hydrogen-bond donors (Lipinski definition) is 0. The van der Waals surface area contributed by atoms with Crippen molar-refractivity contribution in [3.63, 3.8) is 0 Å². The Morgan fingerprint density at radius 3 is 2.36 bits per heavy atom. The molecule has 4 heteroatoms. The predicted octanol–water partition coefficient (Wildman–Crippen LogP) is 3.96. The van der Waals surface area contributed by atoms with E-state index < -0.39 is 10.7 Å². The Morgan fingerprint density at radius 1 is 1.27 bits per heavy atom. The van der Waals surface area contributed by atoms with Crippen LogP contribution in [0, 0.1) is 5.82 Å². The van der Waals surface area contributed by atoms with Gasteiger partial charge >= 0.3 is 0 Å². The van der Waals surface area contributed by atoms with Crippen molar-refractivity contribution in [2.45, 2.75) is 4.84 Å². The number of hydrogen-bond acceptors (Lipinski definition) is 0. The topological polar surface area (TPSA) is 0 Å². The zero-order valence-electron chi connectivity index (χ0n) is 5.32. The molecule has 0 radical (unpaired) electrons. The summed E-state index contributed by atoms with van der Waals surface area (Å²) in [4.78, 5) is -0.867. The molecule has 0 atom stereocenters. The average molecular weight is 213 g/mol. The Hall–Kier alpha value is 0.0200. The Bertz CT molecular complexity index is 260. The van der Waals surface area contributed by atoms with Gasteiger partial charge in [0.05, 0.1) is 0 Å². The van der Waals surface area contributed by atoms with Crippen LogP contribution in [0.1, 0.15) is 10.4 Å². The highest BCUT2D eigenvalue weighted by molar-refractivity contribution is 6.44. The van der Waals surface area contributed by atoms with Crippen LogP contribution in [-0.2, 0) is 0 Å². The van der Waals surface area contributed by atoms with Crippen molar-refractivity contribution in [3.05, 3.63) is 34.6 Å². The standard InChI is InChI=1S/C7H4Cl3F/c8-4-1-2-6(11)5(3-4)7(9)10/h1-3,7H. The monoisotopic (exact) mass is 212 g/mol. The van der Waals surface area contributed by atoms with Gasteiger partial charge in [-0.15, -0.1) is 0 Å². The molecule has 0 aliphatic heterocycles. The zero-order chi connectivity index (χ0) is 8.43. The third-order valence-electron chi connectivity index (χ3n) is 1.19. The van der Waals surface area contributed by atoms with E-state index in [1.165, 1.54) is 18.2 Å². The summed E-state index contributed by atoms with van der Waals surface area (Å²) in [5.41, 5.74) is 0.209. The molecule has 0 aliphatic carbocycles. The zero-order valence-corrected chi connectivity index (χ0v) is 7.59. The molecule has 0 amide bonds. The van der Waals surface area contributed by atoms with Crippen molar-refractivity contribution in [3.8, 4) is 0 Å². The van der Waals surface area contributed by atoms with Crippen LogP contribution in [0.25, 0.3) is 0 Å². The maximum Gasteiger partial charge on any atom is 0.135 e. The molecule has 0 unspecified atom stereocenters. The SMILES string of the molecule is Fc1ccc(Cl)cc1C(Cl)Cl. The lowest BCUT2D eigenvalue weighted by molar-refractivity contribution is 0.616. The molecule has 0 saturated heterocycles. The number of benzene rings is 1. The first kappa shape index (κ1) is 9.11. The van der Waals surface area contributed by atoms with Crippen molar-refractivity contribution < 1.29 is 4.39 Å². The Labute approximate surface area is 78.9 Å². The minimum Gasteiger partial charge on any atom is -0.207 e. The van der Waals surface area contributed by atoms with Gasteiger partial charge in [0.25, 0.3) is 0 Å². The molecule has 0 nitrogen and oxygen atoms in total.